The van der Waals surface area contributed by atoms with E-state index < -0.39 is 0 Å². The number of pyridine rings is 1. The minimum Gasteiger partial charge on any atom is -0.496 e. The highest BCUT2D eigenvalue weighted by molar-refractivity contribution is 5.94. The maximum Gasteiger partial charge on any atom is 0.192 e. The van der Waals surface area contributed by atoms with Crippen molar-refractivity contribution in [2.75, 3.05) is 7.11 Å². The van der Waals surface area contributed by atoms with Crippen LogP contribution in [0.1, 0.15) is 42.7 Å². The molecule has 0 saturated heterocycles. The van der Waals surface area contributed by atoms with E-state index in [1.54, 1.807) is 25.6 Å². The van der Waals surface area contributed by atoms with Crippen LogP contribution in [0.2, 0.25) is 0 Å². The van der Waals surface area contributed by atoms with Crippen LogP contribution in [-0.2, 0) is 6.42 Å². The lowest BCUT2D eigenvalue weighted by molar-refractivity contribution is 0.101. The number of fused-ring (bicyclic) bond motifs is 3. The van der Waals surface area contributed by atoms with Gasteiger partial charge in [0.1, 0.15) is 11.5 Å². The number of nitrogens with zero attached hydrogens (tertiary/aromatic N) is 1. The molecular formula is C23H23NO4. The van der Waals surface area contributed by atoms with Gasteiger partial charge in [0.15, 0.2) is 11.2 Å². The minimum atomic E-state index is -0.247. The fraction of sp³-hybridized carbons (Fsp3) is 0.304. The Morgan fingerprint density at radius 3 is 2.64 bits per heavy atom. The van der Waals surface area contributed by atoms with Gasteiger partial charge in [0.05, 0.1) is 30.2 Å². The molecule has 1 aromatic carbocycles. The highest BCUT2D eigenvalue weighted by atomic mass is 16.5. The summed E-state index contributed by atoms with van der Waals surface area (Å²) in [5.74, 6) is 1.56. The number of carbonyl (C=O) groups is 1. The van der Waals surface area contributed by atoms with Gasteiger partial charge >= 0.3 is 0 Å². The van der Waals surface area contributed by atoms with Crippen LogP contribution < -0.4 is 10.2 Å². The van der Waals surface area contributed by atoms with E-state index in [0.29, 0.717) is 11.7 Å². The number of aromatic nitrogens is 1. The molecule has 1 aliphatic heterocycles. The Kier molecular flexibility index (Phi) is 4.46. The Morgan fingerprint density at radius 2 is 2.04 bits per heavy atom. The number of carbonyl (C=O) groups excluding carboxylic acids is 1. The van der Waals surface area contributed by atoms with E-state index in [0.717, 1.165) is 34.6 Å². The number of Topliss-reactive ketones (excluding diaryl/α,β-unsaturated/α-hetero) is 1. The lowest BCUT2D eigenvalue weighted by atomic mass is 9.86. The standard InChI is InChI=1S/C23H23NO4/c1-13(2)19-9-15-8-17(22-6-5-7-28-22)23(27-4)10-16(15)20-11-21(26)18(14(3)25)12-24(19)20/h5-8,10-13,19H,9H2,1-4H3. The molecule has 3 aromatic rings. The summed E-state index contributed by atoms with van der Waals surface area (Å²) in [6, 6.07) is 9.54. The van der Waals surface area contributed by atoms with Gasteiger partial charge in [-0.25, -0.2) is 0 Å². The molecule has 1 unspecified atom stereocenters. The third-order valence-electron chi connectivity index (χ3n) is 5.50. The van der Waals surface area contributed by atoms with E-state index in [1.165, 1.54) is 6.92 Å². The second kappa shape index (κ2) is 6.82. The molecule has 1 aliphatic rings. The zero-order valence-electron chi connectivity index (χ0n) is 16.5. The van der Waals surface area contributed by atoms with E-state index in [1.807, 2.05) is 18.2 Å². The van der Waals surface area contributed by atoms with Crippen molar-refractivity contribution in [3.05, 3.63) is 64.1 Å². The highest BCUT2D eigenvalue weighted by Gasteiger charge is 2.29. The first-order valence-electron chi connectivity index (χ1n) is 9.43. The molecule has 28 heavy (non-hydrogen) atoms. The molecule has 4 rings (SSSR count). The Bertz CT molecular complexity index is 1110. The Hall–Kier alpha value is -3.08. The van der Waals surface area contributed by atoms with E-state index in [2.05, 4.69) is 24.5 Å². The molecule has 1 atom stereocenters. The lowest BCUT2D eigenvalue weighted by Crippen LogP contribution is -2.27. The summed E-state index contributed by atoms with van der Waals surface area (Å²) < 4.78 is 13.3. The summed E-state index contributed by atoms with van der Waals surface area (Å²) in [4.78, 5) is 24.5. The lowest BCUT2D eigenvalue weighted by Gasteiger charge is -2.34. The van der Waals surface area contributed by atoms with Gasteiger partial charge in [0.2, 0.25) is 0 Å². The number of ether oxygens (including phenoxy) is 1. The van der Waals surface area contributed by atoms with E-state index >= 15 is 0 Å². The molecule has 0 fully saturated rings. The second-order valence-corrected chi connectivity index (χ2v) is 7.60. The Balaban J connectivity index is 1.99. The average molecular weight is 377 g/mol. The monoisotopic (exact) mass is 377 g/mol. The van der Waals surface area contributed by atoms with E-state index in [9.17, 15) is 9.59 Å². The molecule has 0 amide bonds. The zero-order chi connectivity index (χ0) is 20.0. The number of furan rings is 1. The SMILES string of the molecule is COc1cc2c(cc1-c1ccco1)CC(C(C)C)n1cc(C(C)=O)c(=O)cc1-2. The molecule has 5 nitrogen and oxygen atoms in total. The minimum absolute atomic E-state index is 0.152. The number of ketones is 1. The van der Waals surface area contributed by atoms with Crippen molar-refractivity contribution in [1.29, 1.82) is 0 Å². The summed E-state index contributed by atoms with van der Waals surface area (Å²) in [5, 5.41) is 0. The van der Waals surface area contributed by atoms with E-state index in [4.69, 9.17) is 9.15 Å². The van der Waals surface area contributed by atoms with Gasteiger partial charge in [0, 0.05) is 23.9 Å². The molecule has 2 aromatic heterocycles. The number of rotatable bonds is 4. The van der Waals surface area contributed by atoms with Crippen LogP contribution in [0.5, 0.6) is 5.75 Å². The quantitative estimate of drug-likeness (QED) is 0.616. The predicted molar refractivity (Wildman–Crippen MR) is 108 cm³/mol. The van der Waals surface area contributed by atoms with Gasteiger partial charge in [-0.1, -0.05) is 13.8 Å². The van der Waals surface area contributed by atoms with Crippen molar-refractivity contribution in [2.45, 2.75) is 33.2 Å². The van der Waals surface area contributed by atoms with Gasteiger partial charge in [-0.15, -0.1) is 0 Å². The third-order valence-corrected chi connectivity index (χ3v) is 5.50. The zero-order valence-corrected chi connectivity index (χ0v) is 16.5. The molecule has 0 aliphatic carbocycles. The molecule has 0 bridgehead atoms. The van der Waals surface area contributed by atoms with Crippen molar-refractivity contribution >= 4 is 5.78 Å². The maximum absolute atomic E-state index is 12.5. The summed E-state index contributed by atoms with van der Waals surface area (Å²) in [6.45, 7) is 5.74. The molecule has 0 N–H and O–H groups in total. The molecule has 0 radical (unpaired) electrons. The molecule has 0 saturated carbocycles. The van der Waals surface area contributed by atoms with Crippen LogP contribution in [0.4, 0.5) is 0 Å². The van der Waals surface area contributed by atoms with Crippen LogP contribution in [-0.4, -0.2) is 17.5 Å². The molecule has 0 spiro atoms. The average Bonchev–Trinajstić information content (AvgIpc) is 3.20. The molecule has 144 valence electrons. The van der Waals surface area contributed by atoms with Gasteiger partial charge in [0.25, 0.3) is 0 Å². The van der Waals surface area contributed by atoms with Crippen LogP contribution in [0, 0.1) is 5.92 Å². The Labute approximate surface area is 163 Å². The normalized spacial score (nSPS) is 15.2. The Morgan fingerprint density at radius 1 is 1.25 bits per heavy atom. The summed E-state index contributed by atoms with van der Waals surface area (Å²) in [5.41, 5.74) is 3.79. The van der Waals surface area contributed by atoms with Crippen molar-refractivity contribution in [3.8, 4) is 28.3 Å². The van der Waals surface area contributed by atoms with Crippen molar-refractivity contribution < 1.29 is 13.9 Å². The topological polar surface area (TPSA) is 61.4 Å². The van der Waals surface area contributed by atoms with Crippen LogP contribution >= 0.6 is 0 Å². The fourth-order valence-corrected chi connectivity index (χ4v) is 4.01. The summed E-state index contributed by atoms with van der Waals surface area (Å²) in [6.07, 6.45) is 4.17. The second-order valence-electron chi connectivity index (χ2n) is 7.60. The van der Waals surface area contributed by atoms with Crippen molar-refractivity contribution in [2.24, 2.45) is 5.92 Å². The van der Waals surface area contributed by atoms with Gasteiger partial charge in [-0.3, -0.25) is 9.59 Å². The fourth-order valence-electron chi connectivity index (χ4n) is 4.01. The first-order valence-corrected chi connectivity index (χ1v) is 9.43. The summed E-state index contributed by atoms with van der Waals surface area (Å²) in [7, 11) is 1.62. The van der Waals surface area contributed by atoms with Crippen molar-refractivity contribution in [3.63, 3.8) is 0 Å². The summed E-state index contributed by atoms with van der Waals surface area (Å²) >= 11 is 0. The first kappa shape index (κ1) is 18.3. The molecular weight excluding hydrogens is 354 g/mol. The van der Waals surface area contributed by atoms with E-state index in [-0.39, 0.29) is 22.8 Å². The van der Waals surface area contributed by atoms with Crippen LogP contribution in [0.25, 0.3) is 22.6 Å². The third kappa shape index (κ3) is 2.87. The van der Waals surface area contributed by atoms with Gasteiger partial charge in [-0.05, 0) is 49.1 Å². The van der Waals surface area contributed by atoms with Gasteiger partial charge in [-0.2, -0.15) is 0 Å². The number of hydrogen-bond acceptors (Lipinski definition) is 4. The van der Waals surface area contributed by atoms with Crippen LogP contribution in [0.15, 0.2) is 52.0 Å². The number of hydrogen-bond donors (Lipinski definition) is 0. The number of benzene rings is 1. The van der Waals surface area contributed by atoms with Crippen LogP contribution in [0.3, 0.4) is 0 Å². The largest absolute Gasteiger partial charge is 0.496 e. The maximum atomic E-state index is 12.5. The molecule has 5 heteroatoms. The molecule has 3 heterocycles. The first-order chi connectivity index (χ1) is 13.4. The predicted octanol–water partition coefficient (Wildman–Crippen LogP) is 4.74. The van der Waals surface area contributed by atoms with Gasteiger partial charge < -0.3 is 13.7 Å². The van der Waals surface area contributed by atoms with Crippen molar-refractivity contribution in [1.82, 2.24) is 4.57 Å². The number of methoxy groups -OCH3 is 1. The smallest absolute Gasteiger partial charge is 0.192 e. The highest BCUT2D eigenvalue weighted by Crippen LogP contribution is 2.43.